The van der Waals surface area contributed by atoms with Crippen LogP contribution in [0, 0.1) is 0 Å². The molecule has 0 heterocycles. The normalized spacial score (nSPS) is 11.8. The minimum absolute atomic E-state index is 0.174. The van der Waals surface area contributed by atoms with Crippen LogP contribution in [-0.4, -0.2) is 75.3 Å². The Balaban J connectivity index is 0.000000532. The summed E-state index contributed by atoms with van der Waals surface area (Å²) in [6, 6.07) is 23.7. The molecule has 0 aliphatic rings. The maximum atomic E-state index is 10.5. The standard InChI is InChI=1S/C24H22BCl3O3.2C16H36N/c26-21-10-4-18(5-11-21)24(19-6-12-22(27)13-7-19,20-8-14-23(28)15-9-20)16-2-1-3-17-31-25(29)30;2*1-5-9-13-17(14-10-6-2,15-11-7-3)16-12-8-4/h4-15H,1-3,16-17H2;2*5-16H2,1-4H3/q-2;2*+1. The van der Waals surface area contributed by atoms with Crippen molar-refractivity contribution >= 4 is 42.1 Å². The van der Waals surface area contributed by atoms with Crippen LogP contribution in [0.3, 0.4) is 0 Å². The van der Waals surface area contributed by atoms with E-state index in [4.69, 9.17) is 34.8 Å². The minimum atomic E-state index is -2.23. The Kier molecular flexibility index (Phi) is 35.3. The third-order valence-corrected chi connectivity index (χ3v) is 14.1. The van der Waals surface area contributed by atoms with E-state index in [1.165, 1.54) is 164 Å². The van der Waals surface area contributed by atoms with Crippen LogP contribution in [0.2, 0.25) is 15.1 Å². The van der Waals surface area contributed by atoms with Crippen molar-refractivity contribution in [2.24, 2.45) is 0 Å². The zero-order valence-electron chi connectivity index (χ0n) is 42.8. The van der Waals surface area contributed by atoms with E-state index >= 15 is 0 Å². The van der Waals surface area contributed by atoms with E-state index in [1.54, 1.807) is 0 Å². The molecule has 0 fully saturated rings. The van der Waals surface area contributed by atoms with E-state index in [0.29, 0.717) is 21.5 Å². The number of unbranched alkanes of at least 4 members (excludes halogenated alkanes) is 10. The first kappa shape index (κ1) is 61.4. The van der Waals surface area contributed by atoms with E-state index in [9.17, 15) is 10.0 Å². The maximum Gasteiger partial charge on any atom is 0.0786 e. The fourth-order valence-electron chi connectivity index (χ4n) is 9.27. The summed E-state index contributed by atoms with van der Waals surface area (Å²) in [5.41, 5.74) is 2.88. The van der Waals surface area contributed by atoms with Gasteiger partial charge in [0.15, 0.2) is 0 Å². The molecular formula is C56H94BCl3N2O3. The molecule has 5 nitrogen and oxygen atoms in total. The summed E-state index contributed by atoms with van der Waals surface area (Å²) < 4.78 is 7.45. The molecule has 0 saturated carbocycles. The predicted molar refractivity (Wildman–Crippen MR) is 283 cm³/mol. The number of nitrogens with zero attached hydrogens (tertiary/aromatic N) is 2. The molecule has 0 aliphatic carbocycles. The van der Waals surface area contributed by atoms with Gasteiger partial charge in [0.05, 0.1) is 59.7 Å². The van der Waals surface area contributed by atoms with Crippen LogP contribution >= 0.6 is 34.8 Å². The summed E-state index contributed by atoms with van der Waals surface area (Å²) in [5.74, 6) is 0. The van der Waals surface area contributed by atoms with Crippen LogP contribution in [-0.2, 0) is 10.1 Å². The lowest BCUT2D eigenvalue weighted by Crippen LogP contribution is -2.50. The molecule has 0 bridgehead atoms. The van der Waals surface area contributed by atoms with Crippen LogP contribution in [0.15, 0.2) is 72.8 Å². The van der Waals surface area contributed by atoms with E-state index in [2.05, 4.69) is 60.0 Å². The number of rotatable bonds is 34. The van der Waals surface area contributed by atoms with E-state index in [-0.39, 0.29) is 6.61 Å². The fraction of sp³-hybridized carbons (Fsp3) is 0.679. The molecule has 0 amide bonds. The van der Waals surface area contributed by atoms with Crippen molar-refractivity contribution < 1.29 is 23.7 Å². The second kappa shape index (κ2) is 37.3. The van der Waals surface area contributed by atoms with Crippen LogP contribution in [0.1, 0.15) is 200 Å². The Morgan fingerprint density at radius 2 is 0.631 bits per heavy atom. The van der Waals surface area contributed by atoms with Gasteiger partial charge in [-0.25, -0.2) is 0 Å². The average Bonchev–Trinajstić information content (AvgIpc) is 3.32. The molecule has 3 aromatic carbocycles. The van der Waals surface area contributed by atoms with E-state index < -0.39 is 12.7 Å². The maximum absolute atomic E-state index is 10.5. The molecule has 3 rings (SSSR count). The van der Waals surface area contributed by atoms with Crippen LogP contribution < -0.4 is 10.0 Å². The molecule has 0 saturated heterocycles. The number of hydrogen-bond donors (Lipinski definition) is 0. The van der Waals surface area contributed by atoms with Gasteiger partial charge >= 0.3 is 0 Å². The second-order valence-electron chi connectivity index (χ2n) is 18.7. The monoisotopic (exact) mass is 959 g/mol. The van der Waals surface area contributed by atoms with E-state index in [1.807, 2.05) is 72.8 Å². The van der Waals surface area contributed by atoms with Gasteiger partial charge in [-0.2, -0.15) is 0 Å². The zero-order valence-corrected chi connectivity index (χ0v) is 45.0. The molecule has 0 aliphatic heterocycles. The Labute approximate surface area is 416 Å². The van der Waals surface area contributed by atoms with Gasteiger partial charge in [0.1, 0.15) is 0 Å². The summed E-state index contributed by atoms with van der Waals surface area (Å²) in [4.78, 5) is 0. The predicted octanol–water partition coefficient (Wildman–Crippen LogP) is 15.3. The highest BCUT2D eigenvalue weighted by molar-refractivity contribution is 6.31. The molecule has 3 aromatic rings. The van der Waals surface area contributed by atoms with Crippen molar-refractivity contribution in [3.63, 3.8) is 0 Å². The SMILES string of the molecule is CCCC[N+](CCCC)(CCCC)CCCC.CCCC[N+](CCCC)(CCCC)CCCC.[O-]B([O-])OCCCCCC(c1ccc(Cl)cc1)(c1ccc(Cl)cc1)c1ccc(Cl)cc1. The van der Waals surface area contributed by atoms with Gasteiger partial charge in [0, 0.05) is 27.1 Å². The molecule has 0 atom stereocenters. The Morgan fingerprint density at radius 3 is 0.846 bits per heavy atom. The van der Waals surface area contributed by atoms with Gasteiger partial charge in [0.2, 0.25) is 0 Å². The molecule has 0 aromatic heterocycles. The van der Waals surface area contributed by atoms with Gasteiger partial charge in [-0.3, -0.25) is 0 Å². The lowest BCUT2D eigenvalue weighted by Gasteiger charge is -2.39. The second-order valence-corrected chi connectivity index (χ2v) is 20.0. The van der Waals surface area contributed by atoms with Gasteiger partial charge in [-0.05, 0) is 117 Å². The molecule has 65 heavy (non-hydrogen) atoms. The first-order valence-corrected chi connectivity index (χ1v) is 27.5. The third kappa shape index (κ3) is 24.5. The quantitative estimate of drug-likeness (QED) is 0.0259. The topological polar surface area (TPSA) is 55.3 Å². The third-order valence-electron chi connectivity index (χ3n) is 13.3. The molecular weight excluding hydrogens is 866 g/mol. The first-order chi connectivity index (χ1) is 31.4. The number of benzene rings is 3. The molecule has 370 valence electrons. The van der Waals surface area contributed by atoms with Crippen LogP contribution in [0.25, 0.3) is 0 Å². The van der Waals surface area contributed by atoms with Crippen molar-refractivity contribution in [3.05, 3.63) is 105 Å². The van der Waals surface area contributed by atoms with E-state index in [0.717, 1.165) is 36.0 Å². The van der Waals surface area contributed by atoms with Crippen molar-refractivity contribution in [3.8, 4) is 0 Å². The summed E-state index contributed by atoms with van der Waals surface area (Å²) in [6.45, 7) is 30.2. The number of quaternary nitrogens is 2. The Bertz CT molecular complexity index is 1320. The summed E-state index contributed by atoms with van der Waals surface area (Å²) in [5, 5.41) is 23.1. The summed E-state index contributed by atoms with van der Waals surface area (Å²) >= 11 is 18.5. The van der Waals surface area contributed by atoms with Crippen molar-refractivity contribution in [2.45, 2.75) is 189 Å². The molecule has 0 N–H and O–H groups in total. The zero-order chi connectivity index (χ0) is 48.2. The smallest absolute Gasteiger partial charge is 0.0786 e. The summed E-state index contributed by atoms with van der Waals surface area (Å²) in [6.07, 6.45) is 25.3. The van der Waals surface area contributed by atoms with Crippen molar-refractivity contribution in [1.29, 1.82) is 0 Å². The lowest BCUT2D eigenvalue weighted by molar-refractivity contribution is -0.929. The lowest BCUT2D eigenvalue weighted by atomic mass is 9.66. The fourth-order valence-corrected chi connectivity index (χ4v) is 9.65. The molecule has 0 radical (unpaired) electrons. The minimum Gasteiger partial charge on any atom is -0.871 e. The Morgan fingerprint density at radius 1 is 0.385 bits per heavy atom. The van der Waals surface area contributed by atoms with Crippen molar-refractivity contribution in [2.75, 3.05) is 59.0 Å². The number of halogens is 3. The highest BCUT2D eigenvalue weighted by atomic mass is 35.5. The number of hydrogen-bond acceptors (Lipinski definition) is 3. The van der Waals surface area contributed by atoms with Crippen molar-refractivity contribution in [1.82, 2.24) is 0 Å². The molecule has 0 spiro atoms. The first-order valence-electron chi connectivity index (χ1n) is 26.3. The Hall–Kier alpha value is -1.61. The molecule has 9 heteroatoms. The van der Waals surface area contributed by atoms with Gasteiger partial charge in [-0.15, -0.1) is 0 Å². The van der Waals surface area contributed by atoms with Gasteiger partial charge in [0.25, 0.3) is 0 Å². The van der Waals surface area contributed by atoms with Gasteiger partial charge < -0.3 is 23.7 Å². The highest BCUT2D eigenvalue weighted by Crippen LogP contribution is 2.44. The van der Waals surface area contributed by atoms with Gasteiger partial charge in [-0.1, -0.05) is 191 Å². The summed E-state index contributed by atoms with van der Waals surface area (Å²) in [7, 11) is -2.23. The molecule has 0 unspecified atom stereocenters. The highest BCUT2D eigenvalue weighted by Gasteiger charge is 2.36. The van der Waals surface area contributed by atoms with Crippen LogP contribution in [0.5, 0.6) is 0 Å². The van der Waals surface area contributed by atoms with Crippen LogP contribution in [0.4, 0.5) is 0 Å². The average molecular weight is 961 g/mol. The largest absolute Gasteiger partial charge is 0.871 e.